The number of nitriles is 1. The minimum Gasteiger partial charge on any atom is -0.342 e. The number of nitrogens with zero attached hydrogens (tertiary/aromatic N) is 4. The summed E-state index contributed by atoms with van der Waals surface area (Å²) in [7, 11) is 0. The fourth-order valence-corrected chi connectivity index (χ4v) is 2.77. The summed E-state index contributed by atoms with van der Waals surface area (Å²) in [6.07, 6.45) is 2.68. The smallest absolute Gasteiger partial charge is 0.102 e. The Bertz CT molecular complexity index is 804. The van der Waals surface area contributed by atoms with Crippen LogP contribution in [-0.2, 0) is 13.0 Å². The molecule has 110 valence electrons. The van der Waals surface area contributed by atoms with Gasteiger partial charge in [-0.05, 0) is 37.1 Å². The molecule has 0 bridgehead atoms. The zero-order chi connectivity index (χ0) is 15.5. The van der Waals surface area contributed by atoms with E-state index in [4.69, 9.17) is 5.26 Å². The van der Waals surface area contributed by atoms with Gasteiger partial charge in [-0.25, -0.2) is 0 Å². The highest BCUT2D eigenvalue weighted by molar-refractivity contribution is 5.68. The molecule has 2 heterocycles. The van der Waals surface area contributed by atoms with Crippen LogP contribution in [0.25, 0.3) is 11.1 Å². The largest absolute Gasteiger partial charge is 0.342 e. The van der Waals surface area contributed by atoms with E-state index in [9.17, 15) is 0 Å². The molecule has 0 unspecified atom stereocenters. The van der Waals surface area contributed by atoms with Gasteiger partial charge in [-0.15, -0.1) is 0 Å². The normalized spacial score (nSPS) is 10.6. The van der Waals surface area contributed by atoms with Gasteiger partial charge in [0.15, 0.2) is 0 Å². The predicted octanol–water partition coefficient (Wildman–Crippen LogP) is 3.06. The molecule has 22 heavy (non-hydrogen) atoms. The van der Waals surface area contributed by atoms with Crippen LogP contribution in [0.2, 0.25) is 0 Å². The third-order valence-electron chi connectivity index (χ3n) is 3.86. The van der Waals surface area contributed by atoms with E-state index in [0.717, 1.165) is 17.7 Å². The van der Waals surface area contributed by atoms with Crippen molar-refractivity contribution in [3.8, 4) is 17.2 Å². The van der Waals surface area contributed by atoms with Gasteiger partial charge in [0, 0.05) is 17.0 Å². The molecular weight excluding hydrogens is 274 g/mol. The van der Waals surface area contributed by atoms with Gasteiger partial charge in [-0.1, -0.05) is 19.1 Å². The number of H-pyrrole nitrogens is 1. The van der Waals surface area contributed by atoms with Crippen molar-refractivity contribution in [1.82, 2.24) is 20.0 Å². The Hall–Kier alpha value is -2.87. The second-order valence-corrected chi connectivity index (χ2v) is 5.24. The lowest BCUT2D eigenvalue weighted by molar-refractivity contribution is 0.708. The van der Waals surface area contributed by atoms with Crippen molar-refractivity contribution in [2.75, 3.05) is 0 Å². The number of hydrogen-bond donors (Lipinski definition) is 1. The molecule has 1 N–H and O–H groups in total. The van der Waals surface area contributed by atoms with E-state index >= 15 is 0 Å². The SMILES string of the molecule is CCc1c(-c2ccc(C#N)cc2)cc(C)n1Cc1cn[nH]n1. The van der Waals surface area contributed by atoms with Gasteiger partial charge in [-0.2, -0.15) is 20.7 Å². The van der Waals surface area contributed by atoms with Crippen LogP contribution < -0.4 is 0 Å². The Balaban J connectivity index is 2.03. The maximum atomic E-state index is 8.92. The lowest BCUT2D eigenvalue weighted by atomic mass is 10.0. The summed E-state index contributed by atoms with van der Waals surface area (Å²) in [6, 6.07) is 12.1. The molecule has 3 rings (SSSR count). The highest BCUT2D eigenvalue weighted by Crippen LogP contribution is 2.28. The number of hydrogen-bond acceptors (Lipinski definition) is 3. The Morgan fingerprint density at radius 3 is 2.64 bits per heavy atom. The molecule has 3 aromatic rings. The summed E-state index contributed by atoms with van der Waals surface area (Å²) in [5.41, 5.74) is 6.41. The molecule has 0 fully saturated rings. The fourth-order valence-electron chi connectivity index (χ4n) is 2.77. The summed E-state index contributed by atoms with van der Waals surface area (Å²) in [6.45, 7) is 4.97. The van der Waals surface area contributed by atoms with Gasteiger partial charge in [0.05, 0.1) is 24.4 Å². The molecule has 0 spiro atoms. The van der Waals surface area contributed by atoms with E-state index in [-0.39, 0.29) is 0 Å². The van der Waals surface area contributed by atoms with Gasteiger partial charge in [0.25, 0.3) is 0 Å². The first-order valence-corrected chi connectivity index (χ1v) is 7.27. The van der Waals surface area contributed by atoms with Crippen LogP contribution >= 0.6 is 0 Å². The first kappa shape index (κ1) is 14.1. The van der Waals surface area contributed by atoms with Crippen molar-refractivity contribution in [1.29, 1.82) is 5.26 Å². The molecule has 2 aromatic heterocycles. The average molecular weight is 291 g/mol. The van der Waals surface area contributed by atoms with E-state index in [1.165, 1.54) is 17.0 Å². The summed E-state index contributed by atoms with van der Waals surface area (Å²) in [5.74, 6) is 0. The Morgan fingerprint density at radius 2 is 2.05 bits per heavy atom. The zero-order valence-electron chi connectivity index (χ0n) is 12.7. The van der Waals surface area contributed by atoms with Crippen molar-refractivity contribution in [2.45, 2.75) is 26.8 Å². The quantitative estimate of drug-likeness (QED) is 0.803. The van der Waals surface area contributed by atoms with E-state index in [1.807, 2.05) is 24.3 Å². The number of aromatic amines is 1. The molecule has 0 atom stereocenters. The minimum atomic E-state index is 0.681. The third-order valence-corrected chi connectivity index (χ3v) is 3.86. The van der Waals surface area contributed by atoms with Crippen LogP contribution in [0, 0.1) is 18.3 Å². The second kappa shape index (κ2) is 5.86. The minimum absolute atomic E-state index is 0.681. The fraction of sp³-hybridized carbons (Fsp3) is 0.235. The van der Waals surface area contributed by atoms with Gasteiger partial charge in [0.2, 0.25) is 0 Å². The van der Waals surface area contributed by atoms with Crippen molar-refractivity contribution >= 4 is 0 Å². The molecule has 0 amide bonds. The van der Waals surface area contributed by atoms with Crippen molar-refractivity contribution in [3.05, 3.63) is 59.2 Å². The first-order valence-electron chi connectivity index (χ1n) is 7.27. The molecule has 0 saturated carbocycles. The van der Waals surface area contributed by atoms with Gasteiger partial charge >= 0.3 is 0 Å². The molecule has 0 aliphatic carbocycles. The lowest BCUT2D eigenvalue weighted by Crippen LogP contribution is -2.06. The summed E-state index contributed by atoms with van der Waals surface area (Å²) >= 11 is 0. The highest BCUT2D eigenvalue weighted by atomic mass is 15.3. The lowest BCUT2D eigenvalue weighted by Gasteiger charge is -2.10. The van der Waals surface area contributed by atoms with Gasteiger partial charge in [0.1, 0.15) is 5.69 Å². The van der Waals surface area contributed by atoms with Crippen LogP contribution in [0.3, 0.4) is 0 Å². The predicted molar refractivity (Wildman–Crippen MR) is 84.2 cm³/mol. The zero-order valence-corrected chi connectivity index (χ0v) is 12.7. The molecule has 5 heteroatoms. The number of nitrogens with one attached hydrogen (secondary N) is 1. The molecule has 0 aliphatic heterocycles. The van der Waals surface area contributed by atoms with E-state index in [0.29, 0.717) is 12.1 Å². The molecule has 0 aliphatic rings. The van der Waals surface area contributed by atoms with Gasteiger partial charge in [-0.3, -0.25) is 0 Å². The molecule has 0 saturated heterocycles. The van der Waals surface area contributed by atoms with Crippen LogP contribution in [0.1, 0.15) is 29.6 Å². The number of aryl methyl sites for hydroxylation is 1. The number of benzene rings is 1. The molecular formula is C17H17N5. The third kappa shape index (κ3) is 2.51. The molecule has 5 nitrogen and oxygen atoms in total. The highest BCUT2D eigenvalue weighted by Gasteiger charge is 2.14. The topological polar surface area (TPSA) is 70.3 Å². The monoisotopic (exact) mass is 291 g/mol. The summed E-state index contributed by atoms with van der Waals surface area (Å²) < 4.78 is 2.27. The van der Waals surface area contributed by atoms with E-state index < -0.39 is 0 Å². The maximum Gasteiger partial charge on any atom is 0.102 e. The molecule has 1 aromatic carbocycles. The number of aromatic nitrogens is 4. The van der Waals surface area contributed by atoms with Crippen LogP contribution in [0.15, 0.2) is 36.5 Å². The van der Waals surface area contributed by atoms with Crippen LogP contribution in [0.4, 0.5) is 0 Å². The Kier molecular flexibility index (Phi) is 3.75. The Morgan fingerprint density at radius 1 is 1.27 bits per heavy atom. The first-order chi connectivity index (χ1) is 10.7. The summed E-state index contributed by atoms with van der Waals surface area (Å²) in [5, 5.41) is 19.6. The standard InChI is InChI=1S/C17H17N5/c1-3-17-16(14-6-4-13(9-18)5-7-14)8-12(2)22(17)11-15-10-19-21-20-15/h4-8,10H,3,11H2,1-2H3,(H,19,20,21). The average Bonchev–Trinajstić information content (AvgIpc) is 3.16. The van der Waals surface area contributed by atoms with E-state index in [1.54, 1.807) is 6.20 Å². The maximum absolute atomic E-state index is 8.92. The number of rotatable bonds is 4. The van der Waals surface area contributed by atoms with Crippen LogP contribution in [-0.4, -0.2) is 20.0 Å². The van der Waals surface area contributed by atoms with Gasteiger partial charge < -0.3 is 4.57 Å². The summed E-state index contributed by atoms with van der Waals surface area (Å²) in [4.78, 5) is 0. The second-order valence-electron chi connectivity index (χ2n) is 5.24. The van der Waals surface area contributed by atoms with E-state index in [2.05, 4.69) is 46.0 Å². The van der Waals surface area contributed by atoms with Crippen molar-refractivity contribution < 1.29 is 0 Å². The molecule has 0 radical (unpaired) electrons. The van der Waals surface area contributed by atoms with Crippen molar-refractivity contribution in [3.63, 3.8) is 0 Å². The Labute approximate surface area is 129 Å². The van der Waals surface area contributed by atoms with Crippen LogP contribution in [0.5, 0.6) is 0 Å². The van der Waals surface area contributed by atoms with Crippen molar-refractivity contribution in [2.24, 2.45) is 0 Å².